The lowest BCUT2D eigenvalue weighted by atomic mass is 10.1. The Morgan fingerprint density at radius 1 is 1.23 bits per heavy atom. The number of aliphatic hydroxyl groups is 1. The molecule has 0 amide bonds. The highest BCUT2D eigenvalue weighted by atomic mass is 32.2. The van der Waals surface area contributed by atoms with Gasteiger partial charge in [-0.25, -0.2) is 8.42 Å². The molecule has 1 aliphatic heterocycles. The quantitative estimate of drug-likeness (QED) is 0.263. The van der Waals surface area contributed by atoms with Crippen LogP contribution in [0.5, 0.6) is 0 Å². The topological polar surface area (TPSA) is 103 Å². The minimum atomic E-state index is -3.15. The van der Waals surface area contributed by atoms with Crippen LogP contribution < -0.4 is 10.6 Å². The Labute approximate surface area is 180 Å². The third-order valence-corrected chi connectivity index (χ3v) is 6.43. The second-order valence-corrected chi connectivity index (χ2v) is 10.1. The van der Waals surface area contributed by atoms with Gasteiger partial charge in [-0.05, 0) is 25.8 Å². The Bertz CT molecular complexity index is 748. The van der Waals surface area contributed by atoms with Crippen LogP contribution in [0.4, 0.5) is 0 Å². The molecule has 0 aromatic heterocycles. The minimum Gasteiger partial charge on any atom is -0.387 e. The van der Waals surface area contributed by atoms with Gasteiger partial charge in [-0.3, -0.25) is 9.89 Å². The smallest absolute Gasteiger partial charge is 0.191 e. The maximum Gasteiger partial charge on any atom is 0.191 e. The number of hydrogen-bond donors (Lipinski definition) is 3. The molecular formula is C21H36N4O4S. The highest BCUT2D eigenvalue weighted by Crippen LogP contribution is 2.09. The van der Waals surface area contributed by atoms with E-state index in [1.54, 1.807) is 6.92 Å². The summed E-state index contributed by atoms with van der Waals surface area (Å²) in [6.07, 6.45) is 0.490. The molecule has 0 aliphatic carbocycles. The van der Waals surface area contributed by atoms with Gasteiger partial charge in [0.2, 0.25) is 0 Å². The zero-order valence-corrected chi connectivity index (χ0v) is 19.0. The van der Waals surface area contributed by atoms with Crippen molar-refractivity contribution >= 4 is 15.8 Å². The van der Waals surface area contributed by atoms with Crippen LogP contribution in [-0.2, 0) is 20.3 Å². The van der Waals surface area contributed by atoms with Crippen molar-refractivity contribution in [3.05, 3.63) is 35.9 Å². The van der Waals surface area contributed by atoms with Gasteiger partial charge in [-0.2, -0.15) is 0 Å². The van der Waals surface area contributed by atoms with E-state index in [0.29, 0.717) is 45.2 Å². The molecule has 0 bridgehead atoms. The maximum absolute atomic E-state index is 12.3. The number of nitrogens with one attached hydrogen (secondary N) is 2. The highest BCUT2D eigenvalue weighted by molar-refractivity contribution is 7.90. The summed E-state index contributed by atoms with van der Waals surface area (Å²) in [5, 5.41) is 17.0. The van der Waals surface area contributed by atoms with Gasteiger partial charge in [0, 0.05) is 32.7 Å². The average molecular weight is 441 g/mol. The first-order valence-corrected chi connectivity index (χ1v) is 12.4. The standard InChI is InChI=1S/C21H36N4O4S/c1-3-22-20(24-17-21(2,26)18-25-11-13-29-14-12-25)23-10-7-15-30(27,28)16-19-8-5-4-6-9-19/h4-6,8-9,26H,3,7,10-18H2,1-2H3,(H2,22,23,24). The first kappa shape index (κ1) is 24.6. The molecule has 1 aliphatic rings. The van der Waals surface area contributed by atoms with E-state index in [4.69, 9.17) is 4.74 Å². The number of morpholine rings is 1. The van der Waals surface area contributed by atoms with Gasteiger partial charge in [0.05, 0.1) is 36.9 Å². The Morgan fingerprint density at radius 2 is 1.93 bits per heavy atom. The molecule has 30 heavy (non-hydrogen) atoms. The summed E-state index contributed by atoms with van der Waals surface area (Å²) in [7, 11) is -3.15. The summed E-state index contributed by atoms with van der Waals surface area (Å²) in [5.41, 5.74) is -0.138. The number of hydrogen-bond acceptors (Lipinski definition) is 6. The summed E-state index contributed by atoms with van der Waals surface area (Å²) in [4.78, 5) is 6.67. The number of rotatable bonds is 11. The van der Waals surface area contributed by atoms with Gasteiger partial charge < -0.3 is 20.5 Å². The molecule has 0 saturated carbocycles. The monoisotopic (exact) mass is 440 g/mol. The van der Waals surface area contributed by atoms with Gasteiger partial charge in [0.25, 0.3) is 0 Å². The van der Waals surface area contributed by atoms with E-state index in [2.05, 4.69) is 20.5 Å². The van der Waals surface area contributed by atoms with Gasteiger partial charge in [-0.15, -0.1) is 0 Å². The number of aliphatic imine (C=N–C) groups is 1. The van der Waals surface area contributed by atoms with E-state index >= 15 is 0 Å². The molecule has 0 radical (unpaired) electrons. The Balaban J connectivity index is 1.77. The van der Waals surface area contributed by atoms with Crippen LogP contribution in [-0.4, -0.2) is 88.2 Å². The molecule has 1 atom stereocenters. The average Bonchev–Trinajstić information content (AvgIpc) is 2.70. The molecule has 170 valence electrons. The first-order valence-electron chi connectivity index (χ1n) is 10.6. The molecule has 1 heterocycles. The van der Waals surface area contributed by atoms with E-state index in [9.17, 15) is 13.5 Å². The van der Waals surface area contributed by atoms with Crippen LogP contribution in [0.25, 0.3) is 0 Å². The maximum atomic E-state index is 12.3. The summed E-state index contributed by atoms with van der Waals surface area (Å²) < 4.78 is 29.9. The Hall–Kier alpha value is -1.68. The van der Waals surface area contributed by atoms with E-state index in [-0.39, 0.29) is 18.1 Å². The van der Waals surface area contributed by atoms with Crippen molar-refractivity contribution in [3.63, 3.8) is 0 Å². The number of benzene rings is 1. The molecule has 1 aromatic carbocycles. The fourth-order valence-electron chi connectivity index (χ4n) is 3.28. The number of guanidine groups is 1. The van der Waals surface area contributed by atoms with Gasteiger partial charge in [0.1, 0.15) is 0 Å². The van der Waals surface area contributed by atoms with Gasteiger partial charge in [0.15, 0.2) is 15.8 Å². The lowest BCUT2D eigenvalue weighted by Gasteiger charge is -2.33. The van der Waals surface area contributed by atoms with Crippen LogP contribution in [0, 0.1) is 0 Å². The van der Waals surface area contributed by atoms with Gasteiger partial charge in [-0.1, -0.05) is 30.3 Å². The SMILES string of the molecule is CCNC(=NCC(C)(O)CN1CCOCC1)NCCCS(=O)(=O)Cc1ccccc1. The molecule has 9 heteroatoms. The minimum absolute atomic E-state index is 0.0619. The summed E-state index contributed by atoms with van der Waals surface area (Å²) in [5.74, 6) is 0.760. The van der Waals surface area contributed by atoms with Crippen LogP contribution in [0.1, 0.15) is 25.8 Å². The number of β-amino-alcohol motifs (C(OH)–C–C–N with tert-alkyl or cyclic N) is 1. The predicted octanol–water partition coefficient (Wildman–Crippen LogP) is 0.630. The summed E-state index contributed by atoms with van der Waals surface area (Å²) in [6, 6.07) is 9.22. The molecule has 1 saturated heterocycles. The molecule has 1 aromatic rings. The second kappa shape index (κ2) is 12.2. The zero-order valence-electron chi connectivity index (χ0n) is 18.1. The molecule has 8 nitrogen and oxygen atoms in total. The van der Waals surface area contributed by atoms with Gasteiger partial charge >= 0.3 is 0 Å². The number of ether oxygens (including phenoxy) is 1. The van der Waals surface area contributed by atoms with Crippen molar-refractivity contribution in [2.45, 2.75) is 31.6 Å². The molecule has 1 unspecified atom stereocenters. The van der Waals surface area contributed by atoms with E-state index in [1.807, 2.05) is 37.3 Å². The van der Waals surface area contributed by atoms with Crippen molar-refractivity contribution in [3.8, 4) is 0 Å². The van der Waals surface area contributed by atoms with Crippen LogP contribution in [0.3, 0.4) is 0 Å². The molecule has 3 N–H and O–H groups in total. The third-order valence-electron chi connectivity index (χ3n) is 4.74. The number of sulfone groups is 1. The van der Waals surface area contributed by atoms with E-state index in [0.717, 1.165) is 18.7 Å². The van der Waals surface area contributed by atoms with E-state index in [1.165, 1.54) is 0 Å². The van der Waals surface area contributed by atoms with E-state index < -0.39 is 15.4 Å². The molecule has 1 fully saturated rings. The molecule has 2 rings (SSSR count). The fourth-order valence-corrected chi connectivity index (χ4v) is 4.71. The summed E-state index contributed by atoms with van der Waals surface area (Å²) in [6.45, 7) is 8.73. The van der Waals surface area contributed by atoms with Crippen molar-refractivity contribution in [2.75, 3.05) is 58.2 Å². The van der Waals surface area contributed by atoms with Crippen molar-refractivity contribution < 1.29 is 18.3 Å². The summed E-state index contributed by atoms with van der Waals surface area (Å²) >= 11 is 0. The van der Waals surface area contributed by atoms with Crippen molar-refractivity contribution in [2.24, 2.45) is 4.99 Å². The Morgan fingerprint density at radius 3 is 2.60 bits per heavy atom. The molecule has 0 spiro atoms. The number of nitrogens with zero attached hydrogens (tertiary/aromatic N) is 2. The molecular weight excluding hydrogens is 404 g/mol. The first-order chi connectivity index (χ1) is 14.3. The second-order valence-electron chi connectivity index (χ2n) is 7.94. The lowest BCUT2D eigenvalue weighted by Crippen LogP contribution is -2.48. The fraction of sp³-hybridized carbons (Fsp3) is 0.667. The Kier molecular flexibility index (Phi) is 10.0. The highest BCUT2D eigenvalue weighted by Gasteiger charge is 2.25. The van der Waals surface area contributed by atoms with Crippen molar-refractivity contribution in [1.29, 1.82) is 0 Å². The van der Waals surface area contributed by atoms with Crippen LogP contribution in [0.15, 0.2) is 35.3 Å². The van der Waals surface area contributed by atoms with Crippen LogP contribution >= 0.6 is 0 Å². The van der Waals surface area contributed by atoms with Crippen LogP contribution in [0.2, 0.25) is 0 Å². The predicted molar refractivity (Wildman–Crippen MR) is 120 cm³/mol. The largest absolute Gasteiger partial charge is 0.387 e. The normalized spacial score (nSPS) is 18.0. The lowest BCUT2D eigenvalue weighted by molar-refractivity contribution is -0.0179. The zero-order chi connectivity index (χ0) is 21.9. The van der Waals surface area contributed by atoms with Crippen molar-refractivity contribution in [1.82, 2.24) is 15.5 Å². The third kappa shape index (κ3) is 9.88.